The molecule has 3 aliphatic heterocycles. The van der Waals surface area contributed by atoms with Crippen LogP contribution in [0.1, 0.15) is 69.9 Å². The minimum atomic E-state index is 0.0314. The van der Waals surface area contributed by atoms with Gasteiger partial charge in [-0.1, -0.05) is 36.3 Å². The topological polar surface area (TPSA) is 155 Å². The summed E-state index contributed by atoms with van der Waals surface area (Å²) in [5.41, 5.74) is 8.03. The number of ether oxygens (including phenoxy) is 5. The van der Waals surface area contributed by atoms with E-state index in [4.69, 9.17) is 41.3 Å². The van der Waals surface area contributed by atoms with Gasteiger partial charge in [0.1, 0.15) is 19.0 Å². The van der Waals surface area contributed by atoms with Crippen LogP contribution < -0.4 is 15.4 Å². The highest BCUT2D eigenvalue weighted by molar-refractivity contribution is 5.99. The number of rotatable bonds is 21. The number of anilines is 1. The molecule has 13 heteroatoms. The molecular weight excluding hydrogens is 685 g/mol. The Morgan fingerprint density at radius 2 is 1.57 bits per heavy atom. The molecule has 4 N–H and O–H groups in total. The van der Waals surface area contributed by atoms with Gasteiger partial charge in [-0.25, -0.2) is 9.97 Å². The first kappa shape index (κ1) is 40.0. The van der Waals surface area contributed by atoms with Crippen LogP contribution in [-0.2, 0) is 18.9 Å². The molecular formula is C41H60N8O5. The highest BCUT2D eigenvalue weighted by Crippen LogP contribution is 2.54. The molecule has 3 unspecified atom stereocenters. The molecule has 1 spiro atoms. The van der Waals surface area contributed by atoms with Crippen LogP contribution in [0.25, 0.3) is 0 Å². The minimum absolute atomic E-state index is 0.0314. The molecule has 3 saturated heterocycles. The lowest BCUT2D eigenvalue weighted by Gasteiger charge is -2.54. The standard InChI is InChI=1S/C41H60N8O5/c1-3-17-50-18-19-51-20-21-52-22-23-53-24-25-54-35-29-45-40(46-30-35)47-15-12-41(13-16-47)27-33(28-41)39(44)49(31(2)42)38-26-34-9-10-37(38)48(34)14-11-36(43)32-7-5-4-6-8-32/h1,4-8,29-30,33-34,36-38,42,44H,9-28,43H2,2H3/t34?,36-,37?,38?/m0/s1. The van der Waals surface area contributed by atoms with Gasteiger partial charge in [0.25, 0.3) is 0 Å². The van der Waals surface area contributed by atoms with Crippen molar-refractivity contribution in [3.8, 4) is 18.1 Å². The summed E-state index contributed by atoms with van der Waals surface area (Å²) < 4.78 is 27.4. The normalized spacial score (nSPS) is 22.5. The Bertz CT molecular complexity index is 1510. The largest absolute Gasteiger partial charge is 0.488 e. The molecule has 294 valence electrons. The highest BCUT2D eigenvalue weighted by Gasteiger charge is 2.53. The summed E-state index contributed by atoms with van der Waals surface area (Å²) in [6.45, 7) is 8.76. The third-order valence-corrected chi connectivity index (χ3v) is 11.8. The number of nitrogens with one attached hydrogen (secondary N) is 2. The highest BCUT2D eigenvalue weighted by atomic mass is 16.6. The van der Waals surface area contributed by atoms with E-state index in [-0.39, 0.29) is 23.4 Å². The molecule has 2 bridgehead atoms. The summed E-state index contributed by atoms with van der Waals surface area (Å²) in [6, 6.07) is 11.5. The molecule has 6 rings (SSSR count). The maximum atomic E-state index is 9.34. The fourth-order valence-electron chi connectivity index (χ4n) is 8.98. The number of aromatic nitrogens is 2. The van der Waals surface area contributed by atoms with E-state index in [0.717, 1.165) is 70.5 Å². The SMILES string of the molecule is C#CCOCCOCCOCCOCCOc1cnc(N2CCC3(CC2)CC(C(=N)N(C(C)=N)C2CC4CCC2N4CC[C@H](N)c2ccccc2)C3)nc1. The second-order valence-electron chi connectivity index (χ2n) is 15.2. The van der Waals surface area contributed by atoms with Crippen LogP contribution >= 0.6 is 0 Å². The molecule has 0 amide bonds. The molecule has 2 aromatic rings. The van der Waals surface area contributed by atoms with Crippen LogP contribution in [0.4, 0.5) is 5.95 Å². The lowest BCUT2D eigenvalue weighted by molar-refractivity contribution is -0.00189. The number of terminal acetylenes is 1. The molecule has 4 heterocycles. The number of hydrogen-bond donors (Lipinski definition) is 3. The van der Waals surface area contributed by atoms with Crippen molar-refractivity contribution < 1.29 is 23.7 Å². The van der Waals surface area contributed by atoms with Gasteiger partial charge < -0.3 is 39.2 Å². The van der Waals surface area contributed by atoms with Crippen molar-refractivity contribution in [3.63, 3.8) is 0 Å². The number of piperidine rings is 1. The van der Waals surface area contributed by atoms with E-state index in [1.54, 1.807) is 12.4 Å². The predicted octanol–water partition coefficient (Wildman–Crippen LogP) is 4.52. The first-order valence-electron chi connectivity index (χ1n) is 19.8. The molecule has 1 aliphatic carbocycles. The smallest absolute Gasteiger partial charge is 0.225 e. The van der Waals surface area contributed by atoms with E-state index in [1.807, 2.05) is 13.0 Å². The van der Waals surface area contributed by atoms with E-state index in [2.05, 4.69) is 54.9 Å². The number of nitrogens with two attached hydrogens (primary N) is 1. The van der Waals surface area contributed by atoms with Gasteiger partial charge in [-0.15, -0.1) is 6.42 Å². The van der Waals surface area contributed by atoms with Crippen molar-refractivity contribution in [2.75, 3.05) is 84.0 Å². The van der Waals surface area contributed by atoms with Crippen LogP contribution in [0.2, 0.25) is 0 Å². The zero-order chi connectivity index (χ0) is 37.8. The van der Waals surface area contributed by atoms with E-state index >= 15 is 0 Å². The fraction of sp³-hybridized carbons (Fsp3) is 0.659. The van der Waals surface area contributed by atoms with Gasteiger partial charge in [0.15, 0.2) is 5.75 Å². The van der Waals surface area contributed by atoms with Crippen LogP contribution in [0.3, 0.4) is 0 Å². The molecule has 4 fully saturated rings. The average molecular weight is 745 g/mol. The fourth-order valence-corrected chi connectivity index (χ4v) is 8.98. The van der Waals surface area contributed by atoms with Crippen LogP contribution in [0.15, 0.2) is 42.7 Å². The van der Waals surface area contributed by atoms with Crippen molar-refractivity contribution in [1.82, 2.24) is 19.8 Å². The van der Waals surface area contributed by atoms with Crippen molar-refractivity contribution in [1.29, 1.82) is 10.8 Å². The lowest BCUT2D eigenvalue weighted by atomic mass is 9.57. The zero-order valence-corrected chi connectivity index (χ0v) is 32.0. The number of hydrogen-bond acceptors (Lipinski definition) is 12. The quantitative estimate of drug-likeness (QED) is 0.0715. The number of nitrogens with zero attached hydrogens (tertiary/aromatic N) is 5. The number of fused-ring (bicyclic) bond motifs is 2. The molecule has 4 atom stereocenters. The van der Waals surface area contributed by atoms with Gasteiger partial charge >= 0.3 is 0 Å². The van der Waals surface area contributed by atoms with E-state index in [1.165, 1.54) is 12.0 Å². The Labute approximate surface area is 321 Å². The van der Waals surface area contributed by atoms with E-state index in [0.29, 0.717) is 89.0 Å². The second kappa shape index (κ2) is 19.8. The Morgan fingerprint density at radius 3 is 2.20 bits per heavy atom. The summed E-state index contributed by atoms with van der Waals surface area (Å²) in [7, 11) is 0. The van der Waals surface area contributed by atoms with Gasteiger partial charge in [0, 0.05) is 43.7 Å². The minimum Gasteiger partial charge on any atom is -0.488 e. The molecule has 4 aliphatic rings. The molecule has 1 aromatic heterocycles. The molecule has 1 saturated carbocycles. The predicted molar refractivity (Wildman–Crippen MR) is 209 cm³/mol. The molecule has 54 heavy (non-hydrogen) atoms. The molecule has 0 radical (unpaired) electrons. The first-order chi connectivity index (χ1) is 26.4. The van der Waals surface area contributed by atoms with Gasteiger partial charge in [-0.3, -0.25) is 15.7 Å². The van der Waals surface area contributed by atoms with Crippen molar-refractivity contribution in [2.45, 2.75) is 82.5 Å². The Hall–Kier alpha value is -3.64. The number of benzene rings is 1. The van der Waals surface area contributed by atoms with Crippen molar-refractivity contribution in [2.24, 2.45) is 17.1 Å². The summed E-state index contributed by atoms with van der Waals surface area (Å²) in [5, 5.41) is 18.1. The van der Waals surface area contributed by atoms with E-state index < -0.39 is 0 Å². The van der Waals surface area contributed by atoms with Gasteiger partial charge in [0.05, 0.1) is 70.5 Å². The molecule has 1 aromatic carbocycles. The Morgan fingerprint density at radius 1 is 0.944 bits per heavy atom. The van der Waals surface area contributed by atoms with Gasteiger partial charge in [-0.05, 0) is 69.3 Å². The lowest BCUT2D eigenvalue weighted by Crippen LogP contribution is -2.56. The maximum absolute atomic E-state index is 9.34. The second-order valence-corrected chi connectivity index (χ2v) is 15.2. The van der Waals surface area contributed by atoms with Crippen molar-refractivity contribution >= 4 is 17.6 Å². The first-order valence-corrected chi connectivity index (χ1v) is 19.8. The Kier molecular flexibility index (Phi) is 14.7. The van der Waals surface area contributed by atoms with Crippen LogP contribution in [0, 0.1) is 34.5 Å². The summed E-state index contributed by atoms with van der Waals surface area (Å²) in [4.78, 5) is 16.2. The third kappa shape index (κ3) is 10.4. The summed E-state index contributed by atoms with van der Waals surface area (Å²) in [5.74, 6) is 5.15. The average Bonchev–Trinajstić information content (AvgIpc) is 3.73. The number of amidine groups is 2. The van der Waals surface area contributed by atoms with Crippen LogP contribution in [0.5, 0.6) is 5.75 Å². The summed E-state index contributed by atoms with van der Waals surface area (Å²) in [6.07, 6.45) is 17.1. The van der Waals surface area contributed by atoms with E-state index in [9.17, 15) is 5.41 Å². The van der Waals surface area contributed by atoms with Crippen LogP contribution in [-0.4, -0.2) is 129 Å². The van der Waals surface area contributed by atoms with Crippen molar-refractivity contribution in [3.05, 3.63) is 48.3 Å². The zero-order valence-electron chi connectivity index (χ0n) is 32.0. The molecule has 13 nitrogen and oxygen atoms in total. The summed E-state index contributed by atoms with van der Waals surface area (Å²) >= 11 is 0. The maximum Gasteiger partial charge on any atom is 0.225 e. The Balaban J connectivity index is 0.859. The van der Waals surface area contributed by atoms with Gasteiger partial charge in [0.2, 0.25) is 5.95 Å². The van der Waals surface area contributed by atoms with Gasteiger partial charge in [-0.2, -0.15) is 0 Å². The monoisotopic (exact) mass is 744 g/mol. The third-order valence-electron chi connectivity index (χ3n) is 11.8.